The maximum Gasteiger partial charge on any atom is 0.418 e. The van der Waals surface area contributed by atoms with Gasteiger partial charge in [0.2, 0.25) is 5.91 Å². The highest BCUT2D eigenvalue weighted by molar-refractivity contribution is 6.02. The minimum absolute atomic E-state index is 0.00417. The molecule has 1 aliphatic rings. The molecule has 1 fully saturated rings. The minimum Gasteiger partial charge on any atom is -0.494 e. The van der Waals surface area contributed by atoms with Gasteiger partial charge in [-0.1, -0.05) is 0 Å². The number of ether oxygens (including phenoxy) is 1. The Morgan fingerprint density at radius 3 is 2.71 bits per heavy atom. The van der Waals surface area contributed by atoms with Gasteiger partial charge in [-0.25, -0.2) is 13.9 Å². The van der Waals surface area contributed by atoms with E-state index in [-0.39, 0.29) is 40.4 Å². The number of halogens is 4. The summed E-state index contributed by atoms with van der Waals surface area (Å²) >= 11 is 0. The third kappa shape index (κ3) is 4.69. The van der Waals surface area contributed by atoms with Crippen molar-refractivity contribution in [3.63, 3.8) is 0 Å². The Morgan fingerprint density at radius 2 is 2.09 bits per heavy atom. The molecule has 2 amide bonds. The van der Waals surface area contributed by atoms with Crippen LogP contribution in [0, 0.1) is 5.92 Å². The zero-order chi connectivity index (χ0) is 28.0. The Morgan fingerprint density at radius 1 is 1.34 bits per heavy atom. The molecule has 3 aromatic rings. The third-order valence-corrected chi connectivity index (χ3v) is 5.31. The average molecular weight is 499 g/mol. The van der Waals surface area contributed by atoms with Gasteiger partial charge in [-0.3, -0.25) is 9.59 Å². The molecule has 0 aliphatic heterocycles. The van der Waals surface area contributed by atoms with Crippen molar-refractivity contribution in [1.29, 1.82) is 0 Å². The fourth-order valence-corrected chi connectivity index (χ4v) is 3.44. The van der Waals surface area contributed by atoms with Gasteiger partial charge in [0.1, 0.15) is 17.5 Å². The molecule has 3 heterocycles. The van der Waals surface area contributed by atoms with Crippen LogP contribution in [0.2, 0.25) is 0 Å². The number of aliphatic hydroxyl groups excluding tert-OH is 1. The number of aliphatic hydroxyl groups is 1. The summed E-state index contributed by atoms with van der Waals surface area (Å²) in [7, 11) is 1.09. The predicted octanol–water partition coefficient (Wildman–Crippen LogP) is 2.73. The summed E-state index contributed by atoms with van der Waals surface area (Å²) in [4.78, 5) is 28.7. The van der Waals surface area contributed by atoms with Gasteiger partial charge in [0.15, 0.2) is 11.9 Å². The summed E-state index contributed by atoms with van der Waals surface area (Å²) < 4.78 is 81.1. The Hall–Kier alpha value is -3.94. The van der Waals surface area contributed by atoms with Gasteiger partial charge in [0.25, 0.3) is 5.91 Å². The van der Waals surface area contributed by atoms with Crippen LogP contribution in [0.5, 0.6) is 5.75 Å². The Labute approximate surface area is 199 Å². The topological polar surface area (TPSA) is 130 Å². The molecule has 0 spiro atoms. The van der Waals surface area contributed by atoms with E-state index in [0.717, 1.165) is 36.2 Å². The molecule has 4 N–H and O–H groups in total. The van der Waals surface area contributed by atoms with Crippen molar-refractivity contribution >= 4 is 34.5 Å². The van der Waals surface area contributed by atoms with Crippen molar-refractivity contribution in [1.82, 2.24) is 19.9 Å². The molecule has 3 atom stereocenters. The van der Waals surface area contributed by atoms with Crippen molar-refractivity contribution in [2.24, 2.45) is 5.92 Å². The first-order valence-corrected chi connectivity index (χ1v) is 10.0. The lowest BCUT2D eigenvalue weighted by atomic mass is 10.1. The zero-order valence-corrected chi connectivity index (χ0v) is 17.9. The van der Waals surface area contributed by atoms with Crippen LogP contribution in [-0.4, -0.2) is 58.0 Å². The standard InChI is InChI=1S/C21H20F4N6O4/c1-26-19(33)11-7-27-15(30-20(34)10-5-12(10)22)6-13(11)29-14-8-28-31-4-3-9(17(35-2)16(14)31)18(32)21(23,24)25/h3-4,6-8,10,12,18,32H,5H2,1-2H3,(H,26,33)(H2,27,29,30,34)/t10-,12+,18+/m1/s1/i1D3. The molecule has 0 aromatic carbocycles. The predicted molar refractivity (Wildman–Crippen MR) is 115 cm³/mol. The number of hydrogen-bond acceptors (Lipinski definition) is 7. The minimum atomic E-state index is -5.00. The van der Waals surface area contributed by atoms with E-state index in [1.54, 1.807) is 5.32 Å². The number of nitrogens with one attached hydrogen (secondary N) is 3. The summed E-state index contributed by atoms with van der Waals surface area (Å²) in [6.07, 6.45) is -5.83. The van der Waals surface area contributed by atoms with E-state index in [0.29, 0.717) is 0 Å². The van der Waals surface area contributed by atoms with Crippen molar-refractivity contribution in [2.75, 3.05) is 24.7 Å². The Kier molecular flexibility index (Phi) is 5.26. The molecular formula is C21H20F4N6O4. The highest BCUT2D eigenvalue weighted by Gasteiger charge is 2.44. The second kappa shape index (κ2) is 9.02. The van der Waals surface area contributed by atoms with Gasteiger partial charge >= 0.3 is 6.18 Å². The molecule has 1 aliphatic carbocycles. The van der Waals surface area contributed by atoms with E-state index >= 15 is 0 Å². The van der Waals surface area contributed by atoms with E-state index in [2.05, 4.69) is 20.7 Å². The number of aromatic nitrogens is 3. The number of nitrogens with zero attached hydrogens (tertiary/aromatic N) is 3. The number of carbonyl (C=O) groups is 2. The first-order valence-electron chi connectivity index (χ1n) is 11.5. The lowest BCUT2D eigenvalue weighted by molar-refractivity contribution is -0.207. The lowest BCUT2D eigenvalue weighted by Gasteiger charge is -2.19. The van der Waals surface area contributed by atoms with Gasteiger partial charge in [-0.2, -0.15) is 18.3 Å². The average Bonchev–Trinajstić information content (AvgIpc) is 3.42. The van der Waals surface area contributed by atoms with Crippen molar-refractivity contribution < 1.29 is 41.1 Å². The normalized spacial score (nSPS) is 19.8. The highest BCUT2D eigenvalue weighted by atomic mass is 19.4. The fourth-order valence-electron chi connectivity index (χ4n) is 3.44. The summed E-state index contributed by atoms with van der Waals surface area (Å²) in [5, 5.41) is 20.8. The molecule has 35 heavy (non-hydrogen) atoms. The number of hydrogen-bond donors (Lipinski definition) is 4. The van der Waals surface area contributed by atoms with Crippen LogP contribution in [0.15, 0.2) is 30.7 Å². The first kappa shape index (κ1) is 20.4. The van der Waals surface area contributed by atoms with E-state index < -0.39 is 48.7 Å². The smallest absolute Gasteiger partial charge is 0.418 e. The molecular weight excluding hydrogens is 476 g/mol. The maximum atomic E-state index is 13.3. The van der Waals surface area contributed by atoms with E-state index in [9.17, 15) is 32.3 Å². The number of carbonyl (C=O) groups excluding carboxylic acids is 2. The van der Waals surface area contributed by atoms with Crippen molar-refractivity contribution in [2.45, 2.75) is 24.9 Å². The molecule has 0 unspecified atom stereocenters. The van der Waals surface area contributed by atoms with Gasteiger partial charge in [-0.05, 0) is 12.5 Å². The second-order valence-electron chi connectivity index (χ2n) is 7.64. The molecule has 186 valence electrons. The molecule has 0 saturated heterocycles. The Bertz CT molecular complexity index is 1400. The van der Waals surface area contributed by atoms with Crippen LogP contribution < -0.4 is 20.7 Å². The number of pyridine rings is 2. The van der Waals surface area contributed by atoms with E-state index in [1.807, 2.05) is 0 Å². The maximum absolute atomic E-state index is 13.3. The van der Waals surface area contributed by atoms with Gasteiger partial charge in [-0.15, -0.1) is 0 Å². The number of amides is 2. The Balaban J connectivity index is 1.77. The van der Waals surface area contributed by atoms with Crippen molar-refractivity contribution in [3.8, 4) is 5.75 Å². The van der Waals surface area contributed by atoms with Crippen LogP contribution in [-0.2, 0) is 4.79 Å². The molecule has 0 radical (unpaired) electrons. The van der Waals surface area contributed by atoms with Crippen LogP contribution in [0.1, 0.15) is 32.6 Å². The fraction of sp³-hybridized carbons (Fsp3) is 0.333. The number of anilines is 3. The highest BCUT2D eigenvalue weighted by Crippen LogP contribution is 2.41. The summed E-state index contributed by atoms with van der Waals surface area (Å²) in [6, 6.07) is 2.14. The van der Waals surface area contributed by atoms with E-state index in [1.165, 1.54) is 6.20 Å². The third-order valence-electron chi connectivity index (χ3n) is 5.31. The van der Waals surface area contributed by atoms with Crippen LogP contribution in [0.25, 0.3) is 5.52 Å². The monoisotopic (exact) mass is 499 g/mol. The largest absolute Gasteiger partial charge is 0.494 e. The van der Waals surface area contributed by atoms with Gasteiger partial charge in [0, 0.05) is 35.1 Å². The molecule has 10 nitrogen and oxygen atoms in total. The first-order chi connectivity index (χ1) is 17.7. The van der Waals surface area contributed by atoms with Crippen LogP contribution >= 0.6 is 0 Å². The molecule has 3 aromatic heterocycles. The molecule has 1 saturated carbocycles. The summed E-state index contributed by atoms with van der Waals surface area (Å²) in [5.41, 5.74) is -1.10. The van der Waals surface area contributed by atoms with Gasteiger partial charge < -0.3 is 25.8 Å². The quantitative estimate of drug-likeness (QED) is 0.368. The number of methoxy groups -OCH3 is 1. The number of alkyl halides is 4. The van der Waals surface area contributed by atoms with Crippen LogP contribution in [0.4, 0.5) is 34.8 Å². The molecule has 14 heteroatoms. The lowest BCUT2D eigenvalue weighted by Crippen LogP contribution is -2.21. The summed E-state index contributed by atoms with van der Waals surface area (Å²) in [6.45, 7) is -2.86. The SMILES string of the molecule is [2H]C([2H])([2H])NC(=O)c1cnc(NC(=O)[C@@H]2C[C@@H]2F)cc1Nc1cnn2ccc([C@H](O)C(F)(F)F)c(OC)c12. The van der Waals surface area contributed by atoms with E-state index in [4.69, 9.17) is 8.85 Å². The van der Waals surface area contributed by atoms with Crippen LogP contribution in [0.3, 0.4) is 0 Å². The number of rotatable bonds is 7. The van der Waals surface area contributed by atoms with Gasteiger partial charge in [0.05, 0.1) is 36.2 Å². The molecule has 4 rings (SSSR count). The summed E-state index contributed by atoms with van der Waals surface area (Å²) in [5.74, 6) is -3.08. The molecule has 0 bridgehead atoms. The zero-order valence-electron chi connectivity index (χ0n) is 20.9. The van der Waals surface area contributed by atoms with Crippen molar-refractivity contribution in [3.05, 3.63) is 41.9 Å². The second-order valence-corrected chi connectivity index (χ2v) is 7.64. The number of fused-ring (bicyclic) bond motifs is 1.